The van der Waals surface area contributed by atoms with Crippen LogP contribution >= 0.6 is 11.6 Å². The van der Waals surface area contributed by atoms with Crippen molar-refractivity contribution in [1.82, 2.24) is 14.5 Å². The number of rotatable bonds is 7. The molecule has 136 valence electrons. The second kappa shape index (κ2) is 7.51. The summed E-state index contributed by atoms with van der Waals surface area (Å²) in [5, 5.41) is 15.5. The number of aryl methyl sites for hydroxylation is 2. The lowest BCUT2D eigenvalue weighted by Crippen LogP contribution is -2.30. The fraction of sp³-hybridized carbons (Fsp3) is 0.400. The highest BCUT2D eigenvalue weighted by Crippen LogP contribution is 2.27. The van der Waals surface area contributed by atoms with Crippen molar-refractivity contribution >= 4 is 27.3 Å². The van der Waals surface area contributed by atoms with E-state index in [0.29, 0.717) is 6.54 Å². The Morgan fingerprint density at radius 2 is 2.04 bits per heavy atom. The predicted octanol–water partition coefficient (Wildman–Crippen LogP) is 2.68. The maximum absolute atomic E-state index is 12.4. The van der Waals surface area contributed by atoms with Crippen LogP contribution in [0.1, 0.15) is 18.3 Å². The van der Waals surface area contributed by atoms with Crippen molar-refractivity contribution in [3.05, 3.63) is 50.8 Å². The Balaban J connectivity index is 2.11. The minimum atomic E-state index is -4.02. The van der Waals surface area contributed by atoms with E-state index in [1.807, 2.05) is 26.8 Å². The fourth-order valence-electron chi connectivity index (χ4n) is 2.41. The first-order chi connectivity index (χ1) is 11.6. The molecule has 0 saturated heterocycles. The molecule has 10 heteroatoms. The summed E-state index contributed by atoms with van der Waals surface area (Å²) in [4.78, 5) is 9.92. The molecule has 0 amide bonds. The molecule has 1 aromatic heterocycles. The van der Waals surface area contributed by atoms with Gasteiger partial charge in [-0.1, -0.05) is 18.5 Å². The van der Waals surface area contributed by atoms with E-state index in [4.69, 9.17) is 11.6 Å². The molecule has 0 radical (unpaired) electrons. The van der Waals surface area contributed by atoms with Crippen molar-refractivity contribution < 1.29 is 13.3 Å². The van der Waals surface area contributed by atoms with Gasteiger partial charge in [0.15, 0.2) is 4.90 Å². The van der Waals surface area contributed by atoms with E-state index in [-0.39, 0.29) is 17.5 Å². The Morgan fingerprint density at radius 1 is 1.36 bits per heavy atom. The molecule has 0 spiro atoms. The van der Waals surface area contributed by atoms with Crippen LogP contribution in [-0.4, -0.2) is 29.7 Å². The Kier molecular flexibility index (Phi) is 5.81. The normalized spacial score (nSPS) is 13.0. The smallest absolute Gasteiger partial charge is 0.269 e. The number of nitrogens with zero attached hydrogens (tertiary/aromatic N) is 3. The van der Waals surface area contributed by atoms with Crippen molar-refractivity contribution in [1.29, 1.82) is 0 Å². The van der Waals surface area contributed by atoms with Crippen molar-refractivity contribution in [2.24, 2.45) is 5.92 Å². The maximum Gasteiger partial charge on any atom is 0.290 e. The van der Waals surface area contributed by atoms with Crippen LogP contribution in [0.2, 0.25) is 5.02 Å². The van der Waals surface area contributed by atoms with E-state index >= 15 is 0 Å². The summed E-state index contributed by atoms with van der Waals surface area (Å²) >= 11 is 5.72. The van der Waals surface area contributed by atoms with Crippen molar-refractivity contribution in [2.75, 3.05) is 6.54 Å². The average Bonchev–Trinajstić information content (AvgIpc) is 2.82. The lowest BCUT2D eigenvalue weighted by molar-refractivity contribution is -0.387. The molecule has 1 heterocycles. The number of sulfonamides is 1. The first kappa shape index (κ1) is 19.4. The largest absolute Gasteiger partial charge is 0.290 e. The van der Waals surface area contributed by atoms with Crippen LogP contribution in [0, 0.1) is 29.9 Å². The zero-order valence-corrected chi connectivity index (χ0v) is 15.6. The molecular formula is C15H19ClN4O4S. The number of nitro benzene ring substituents is 1. The minimum Gasteiger partial charge on any atom is -0.269 e. The summed E-state index contributed by atoms with van der Waals surface area (Å²) in [6.45, 7) is 6.34. The van der Waals surface area contributed by atoms with Crippen LogP contribution in [0.4, 0.5) is 5.69 Å². The number of nitrogens with one attached hydrogen (secondary N) is 1. The molecule has 0 aliphatic carbocycles. The van der Waals surface area contributed by atoms with Gasteiger partial charge in [0.25, 0.3) is 5.69 Å². The first-order valence-corrected chi connectivity index (χ1v) is 9.41. The lowest BCUT2D eigenvalue weighted by atomic mass is 10.2. The zero-order valence-electron chi connectivity index (χ0n) is 14.1. The molecule has 0 aliphatic rings. The molecule has 25 heavy (non-hydrogen) atoms. The Bertz CT molecular complexity index is 895. The van der Waals surface area contributed by atoms with Crippen molar-refractivity contribution in [3.63, 3.8) is 0 Å². The quantitative estimate of drug-likeness (QED) is 0.581. The highest BCUT2D eigenvalue weighted by Gasteiger charge is 2.26. The van der Waals surface area contributed by atoms with Crippen LogP contribution in [0.15, 0.2) is 29.2 Å². The average molecular weight is 387 g/mol. The lowest BCUT2D eigenvalue weighted by Gasteiger charge is -2.14. The maximum atomic E-state index is 12.4. The van der Waals surface area contributed by atoms with Gasteiger partial charge in [-0.05, 0) is 38.0 Å². The van der Waals surface area contributed by atoms with Gasteiger partial charge in [0.2, 0.25) is 10.0 Å². The van der Waals surface area contributed by atoms with Gasteiger partial charge >= 0.3 is 0 Å². The van der Waals surface area contributed by atoms with Gasteiger partial charge in [-0.25, -0.2) is 13.1 Å². The third-order valence-electron chi connectivity index (χ3n) is 3.62. The highest BCUT2D eigenvalue weighted by molar-refractivity contribution is 7.89. The molecule has 1 unspecified atom stereocenters. The summed E-state index contributed by atoms with van der Waals surface area (Å²) in [5.74, 6) is -0.0564. The van der Waals surface area contributed by atoms with E-state index in [1.165, 1.54) is 6.07 Å². The van der Waals surface area contributed by atoms with Gasteiger partial charge < -0.3 is 0 Å². The molecular weight excluding hydrogens is 368 g/mol. The second-order valence-electron chi connectivity index (χ2n) is 5.94. The molecule has 1 atom stereocenters. The number of nitro groups is 1. The van der Waals surface area contributed by atoms with Crippen LogP contribution in [0.5, 0.6) is 0 Å². The van der Waals surface area contributed by atoms with E-state index < -0.39 is 25.5 Å². The van der Waals surface area contributed by atoms with Crippen LogP contribution in [0.25, 0.3) is 0 Å². The first-order valence-electron chi connectivity index (χ1n) is 7.55. The molecule has 1 aromatic carbocycles. The van der Waals surface area contributed by atoms with Gasteiger partial charge in [-0.15, -0.1) is 0 Å². The monoisotopic (exact) mass is 386 g/mol. The third kappa shape index (κ3) is 4.77. The van der Waals surface area contributed by atoms with E-state index in [0.717, 1.165) is 23.5 Å². The summed E-state index contributed by atoms with van der Waals surface area (Å²) in [5.41, 5.74) is 1.33. The van der Waals surface area contributed by atoms with Gasteiger partial charge in [-0.3, -0.25) is 14.8 Å². The molecule has 1 N–H and O–H groups in total. The third-order valence-corrected chi connectivity index (χ3v) is 5.32. The van der Waals surface area contributed by atoms with Crippen molar-refractivity contribution in [2.45, 2.75) is 32.2 Å². The van der Waals surface area contributed by atoms with Gasteiger partial charge in [0, 0.05) is 29.9 Å². The number of hydrogen-bond donors (Lipinski definition) is 1. The number of hydrogen-bond acceptors (Lipinski definition) is 5. The summed E-state index contributed by atoms with van der Waals surface area (Å²) in [6, 6.07) is 5.40. The Hall–Kier alpha value is -1.97. The second-order valence-corrected chi connectivity index (χ2v) is 8.11. The molecule has 0 bridgehead atoms. The predicted molar refractivity (Wildman–Crippen MR) is 94.2 cm³/mol. The molecule has 0 aliphatic heterocycles. The molecule has 8 nitrogen and oxygen atoms in total. The van der Waals surface area contributed by atoms with E-state index in [2.05, 4.69) is 9.82 Å². The number of benzene rings is 1. The van der Waals surface area contributed by atoms with E-state index in [9.17, 15) is 18.5 Å². The molecule has 0 fully saturated rings. The SMILES string of the molecule is Cc1cc(C)n(CC(C)CNS(=O)(=O)c2ccc(Cl)cc2[N+](=O)[O-])n1. The summed E-state index contributed by atoms with van der Waals surface area (Å²) in [7, 11) is -4.02. The Labute approximate surface area is 151 Å². The summed E-state index contributed by atoms with van der Waals surface area (Å²) < 4.78 is 29.1. The minimum absolute atomic E-state index is 0.0564. The van der Waals surface area contributed by atoms with Gasteiger partial charge in [0.1, 0.15) is 0 Å². The standard InChI is InChI=1S/C15H19ClN4O4S/c1-10(9-19-12(3)6-11(2)18-19)8-17-25(23,24)15-5-4-13(16)7-14(15)20(21)22/h4-7,10,17H,8-9H2,1-3H3. The van der Waals surface area contributed by atoms with Crippen LogP contribution in [0.3, 0.4) is 0 Å². The zero-order chi connectivity index (χ0) is 18.8. The molecule has 2 aromatic rings. The number of halogens is 1. The van der Waals surface area contributed by atoms with E-state index in [1.54, 1.807) is 4.68 Å². The number of aromatic nitrogens is 2. The molecule has 0 saturated carbocycles. The topological polar surface area (TPSA) is 107 Å². The van der Waals surface area contributed by atoms with Gasteiger partial charge in [0.05, 0.1) is 10.6 Å². The van der Waals surface area contributed by atoms with Crippen LogP contribution < -0.4 is 4.72 Å². The Morgan fingerprint density at radius 3 is 2.60 bits per heavy atom. The summed E-state index contributed by atoms with van der Waals surface area (Å²) in [6.07, 6.45) is 0. The molecule has 2 rings (SSSR count). The highest BCUT2D eigenvalue weighted by atomic mass is 35.5. The van der Waals surface area contributed by atoms with Crippen molar-refractivity contribution in [3.8, 4) is 0 Å². The fourth-order valence-corrected chi connectivity index (χ4v) is 3.89. The van der Waals surface area contributed by atoms with Crippen LogP contribution in [-0.2, 0) is 16.6 Å². The van der Waals surface area contributed by atoms with Gasteiger partial charge in [-0.2, -0.15) is 5.10 Å².